The van der Waals surface area contributed by atoms with Crippen LogP contribution in [-0.4, -0.2) is 15.9 Å². The van der Waals surface area contributed by atoms with Gasteiger partial charge < -0.3 is 10.6 Å². The molecule has 0 spiro atoms. The van der Waals surface area contributed by atoms with Gasteiger partial charge in [0.1, 0.15) is 17.6 Å². The summed E-state index contributed by atoms with van der Waals surface area (Å²) in [6.07, 6.45) is 2.89. The summed E-state index contributed by atoms with van der Waals surface area (Å²) in [5.74, 6) is 0.126. The van der Waals surface area contributed by atoms with Gasteiger partial charge in [0.05, 0.1) is 23.6 Å². The lowest BCUT2D eigenvalue weighted by atomic mass is 10.2. The Kier molecular flexibility index (Phi) is 4.67. The number of aromatic nitrogens is 2. The van der Waals surface area contributed by atoms with Crippen LogP contribution in [0.25, 0.3) is 0 Å². The van der Waals surface area contributed by atoms with Crippen LogP contribution in [0.15, 0.2) is 60.9 Å². The van der Waals surface area contributed by atoms with Crippen LogP contribution in [-0.2, 0) is 0 Å². The summed E-state index contributed by atoms with van der Waals surface area (Å²) < 4.78 is 0. The molecule has 1 aromatic heterocycles. The summed E-state index contributed by atoms with van der Waals surface area (Å²) >= 11 is 0. The van der Waals surface area contributed by atoms with Crippen molar-refractivity contribution < 1.29 is 4.79 Å². The van der Waals surface area contributed by atoms with Gasteiger partial charge in [0.15, 0.2) is 0 Å². The first kappa shape index (κ1) is 16.1. The third kappa shape index (κ3) is 3.79. The summed E-state index contributed by atoms with van der Waals surface area (Å²) in [6, 6.07) is 16.6. The van der Waals surface area contributed by atoms with E-state index in [1.54, 1.807) is 24.3 Å². The Balaban J connectivity index is 1.73. The minimum absolute atomic E-state index is 0.170. The average Bonchev–Trinajstić information content (AvgIpc) is 2.64. The molecule has 0 radical (unpaired) electrons. The van der Waals surface area contributed by atoms with Gasteiger partial charge in [-0.3, -0.25) is 4.79 Å². The molecule has 0 bridgehead atoms. The third-order valence-electron chi connectivity index (χ3n) is 3.59. The lowest BCUT2D eigenvalue weighted by molar-refractivity contribution is 0.102. The molecule has 0 unspecified atom stereocenters. The van der Waals surface area contributed by atoms with Gasteiger partial charge in [-0.25, -0.2) is 9.97 Å². The maximum absolute atomic E-state index is 12.3. The highest BCUT2D eigenvalue weighted by molar-refractivity contribution is 6.03. The van der Waals surface area contributed by atoms with Crippen LogP contribution in [0, 0.1) is 18.3 Å². The van der Waals surface area contributed by atoms with Crippen molar-refractivity contribution in [2.45, 2.75) is 6.92 Å². The monoisotopic (exact) mass is 329 g/mol. The number of amides is 1. The zero-order valence-electron chi connectivity index (χ0n) is 13.5. The molecule has 0 aliphatic rings. The van der Waals surface area contributed by atoms with Gasteiger partial charge in [-0.05, 0) is 30.7 Å². The maximum atomic E-state index is 12.3. The number of para-hydroxylation sites is 2. The third-order valence-corrected chi connectivity index (χ3v) is 3.59. The van der Waals surface area contributed by atoms with E-state index in [1.807, 2.05) is 37.3 Å². The molecule has 2 N–H and O–H groups in total. The second-order valence-corrected chi connectivity index (χ2v) is 5.34. The number of nitriles is 1. The van der Waals surface area contributed by atoms with E-state index in [0.717, 1.165) is 11.3 Å². The molecule has 6 nitrogen and oxygen atoms in total. The minimum atomic E-state index is -0.419. The lowest BCUT2D eigenvalue weighted by Gasteiger charge is -2.09. The van der Waals surface area contributed by atoms with Crippen LogP contribution in [0.4, 0.5) is 17.2 Å². The Labute approximate surface area is 145 Å². The van der Waals surface area contributed by atoms with Gasteiger partial charge in [0.2, 0.25) is 0 Å². The van der Waals surface area contributed by atoms with E-state index in [0.29, 0.717) is 17.1 Å². The van der Waals surface area contributed by atoms with Crippen LogP contribution in [0.1, 0.15) is 21.6 Å². The first-order valence-electron chi connectivity index (χ1n) is 7.62. The van der Waals surface area contributed by atoms with E-state index >= 15 is 0 Å². The van der Waals surface area contributed by atoms with Crippen molar-refractivity contribution in [1.82, 2.24) is 9.97 Å². The molecular weight excluding hydrogens is 314 g/mol. The van der Waals surface area contributed by atoms with Crippen molar-refractivity contribution in [3.8, 4) is 6.07 Å². The summed E-state index contributed by atoms with van der Waals surface area (Å²) in [5, 5.41) is 14.9. The number of nitrogens with one attached hydrogen (secondary N) is 2. The molecule has 0 saturated carbocycles. The van der Waals surface area contributed by atoms with Crippen molar-refractivity contribution in [1.29, 1.82) is 5.26 Å². The molecule has 0 aliphatic carbocycles. The number of nitrogens with zero attached hydrogens (tertiary/aromatic N) is 3. The van der Waals surface area contributed by atoms with E-state index in [4.69, 9.17) is 5.26 Å². The van der Waals surface area contributed by atoms with Crippen LogP contribution < -0.4 is 10.6 Å². The number of benzene rings is 2. The van der Waals surface area contributed by atoms with E-state index in [2.05, 4.69) is 20.6 Å². The molecule has 3 rings (SSSR count). The number of hydrogen-bond donors (Lipinski definition) is 2. The lowest BCUT2D eigenvalue weighted by Crippen LogP contribution is -2.15. The molecular formula is C19H15N5O. The largest absolute Gasteiger partial charge is 0.339 e. The van der Waals surface area contributed by atoms with Crippen molar-refractivity contribution >= 4 is 23.1 Å². The zero-order valence-corrected chi connectivity index (χ0v) is 13.5. The van der Waals surface area contributed by atoms with E-state index < -0.39 is 5.91 Å². The Morgan fingerprint density at radius 2 is 1.72 bits per heavy atom. The Hall–Kier alpha value is -3.72. The number of aryl methyl sites for hydroxylation is 1. The summed E-state index contributed by atoms with van der Waals surface area (Å²) in [4.78, 5) is 20.6. The first-order chi connectivity index (χ1) is 12.2. The fourth-order valence-corrected chi connectivity index (χ4v) is 2.24. The quantitative estimate of drug-likeness (QED) is 0.762. The van der Waals surface area contributed by atoms with E-state index in [1.165, 1.54) is 12.4 Å². The Morgan fingerprint density at radius 1 is 1.00 bits per heavy atom. The number of anilines is 3. The molecule has 0 aliphatic heterocycles. The first-order valence-corrected chi connectivity index (χ1v) is 7.62. The summed E-state index contributed by atoms with van der Waals surface area (Å²) in [6.45, 7) is 1.99. The number of hydrogen-bond acceptors (Lipinski definition) is 5. The van der Waals surface area contributed by atoms with E-state index in [-0.39, 0.29) is 5.69 Å². The fraction of sp³-hybridized carbons (Fsp3) is 0.0526. The molecule has 0 atom stereocenters. The highest BCUT2D eigenvalue weighted by atomic mass is 16.1. The number of carbonyl (C=O) groups excluding carboxylic acids is 1. The SMILES string of the molecule is Cc1ccccc1Nc1cnc(C(=O)Nc2ccccc2C#N)cn1. The van der Waals surface area contributed by atoms with Crippen molar-refractivity contribution in [3.05, 3.63) is 77.7 Å². The second kappa shape index (κ2) is 7.23. The predicted molar refractivity (Wildman–Crippen MR) is 95.6 cm³/mol. The molecule has 122 valence electrons. The minimum Gasteiger partial charge on any atom is -0.339 e. The summed E-state index contributed by atoms with van der Waals surface area (Å²) in [7, 11) is 0. The van der Waals surface area contributed by atoms with Crippen molar-refractivity contribution in [3.63, 3.8) is 0 Å². The molecule has 25 heavy (non-hydrogen) atoms. The molecule has 1 heterocycles. The second-order valence-electron chi connectivity index (χ2n) is 5.34. The zero-order chi connectivity index (χ0) is 17.6. The molecule has 2 aromatic carbocycles. The van der Waals surface area contributed by atoms with Gasteiger partial charge in [-0.2, -0.15) is 5.26 Å². The van der Waals surface area contributed by atoms with Crippen molar-refractivity contribution in [2.75, 3.05) is 10.6 Å². The van der Waals surface area contributed by atoms with Crippen LogP contribution in [0.2, 0.25) is 0 Å². The van der Waals surface area contributed by atoms with Gasteiger partial charge in [-0.1, -0.05) is 30.3 Å². The molecule has 3 aromatic rings. The molecule has 1 amide bonds. The standard InChI is InChI=1S/C19H15N5O/c1-13-6-2-4-8-15(13)23-18-12-21-17(11-22-18)19(25)24-16-9-5-3-7-14(16)10-20/h2-9,11-12H,1H3,(H,22,23)(H,24,25). The molecule has 6 heteroatoms. The maximum Gasteiger partial charge on any atom is 0.275 e. The van der Waals surface area contributed by atoms with Crippen LogP contribution in [0.3, 0.4) is 0 Å². The summed E-state index contributed by atoms with van der Waals surface area (Å²) in [5.41, 5.74) is 3.01. The van der Waals surface area contributed by atoms with Crippen LogP contribution >= 0.6 is 0 Å². The average molecular weight is 329 g/mol. The van der Waals surface area contributed by atoms with Gasteiger partial charge in [0, 0.05) is 5.69 Å². The topological polar surface area (TPSA) is 90.7 Å². The predicted octanol–water partition coefficient (Wildman–Crippen LogP) is 3.65. The molecule has 0 saturated heterocycles. The van der Waals surface area contributed by atoms with Crippen LogP contribution in [0.5, 0.6) is 0 Å². The normalized spacial score (nSPS) is 9.92. The highest BCUT2D eigenvalue weighted by Gasteiger charge is 2.11. The van der Waals surface area contributed by atoms with Crippen molar-refractivity contribution in [2.24, 2.45) is 0 Å². The van der Waals surface area contributed by atoms with Gasteiger partial charge in [0.25, 0.3) is 5.91 Å². The molecule has 0 fully saturated rings. The highest BCUT2D eigenvalue weighted by Crippen LogP contribution is 2.18. The number of carbonyl (C=O) groups is 1. The smallest absolute Gasteiger partial charge is 0.275 e. The Bertz CT molecular complexity index is 945. The van der Waals surface area contributed by atoms with Gasteiger partial charge >= 0.3 is 0 Å². The van der Waals surface area contributed by atoms with Gasteiger partial charge in [-0.15, -0.1) is 0 Å². The fourth-order valence-electron chi connectivity index (χ4n) is 2.24. The van der Waals surface area contributed by atoms with E-state index in [9.17, 15) is 4.79 Å². The Morgan fingerprint density at radius 3 is 2.40 bits per heavy atom. The number of rotatable bonds is 4.